The van der Waals surface area contributed by atoms with Crippen molar-refractivity contribution in [3.05, 3.63) is 35.9 Å². The number of piperidine rings is 1. The Morgan fingerprint density at radius 3 is 2.43 bits per heavy atom. The fourth-order valence-corrected chi connectivity index (χ4v) is 4.85. The van der Waals surface area contributed by atoms with Gasteiger partial charge in [-0.25, -0.2) is 0 Å². The summed E-state index contributed by atoms with van der Waals surface area (Å²) < 4.78 is 33.5. The SMILES string of the molecule is CN(C)S(=O)(=O)N1CCC2(CC1)CC(c1ccccc1)CCO2. The summed E-state index contributed by atoms with van der Waals surface area (Å²) in [6.45, 7) is 1.85. The summed E-state index contributed by atoms with van der Waals surface area (Å²) in [7, 11) is -0.139. The first-order valence-electron chi connectivity index (χ1n) is 8.29. The van der Waals surface area contributed by atoms with Crippen molar-refractivity contribution in [1.29, 1.82) is 0 Å². The van der Waals surface area contributed by atoms with E-state index in [1.54, 1.807) is 18.4 Å². The maximum Gasteiger partial charge on any atom is 0.281 e. The molecule has 1 aromatic carbocycles. The van der Waals surface area contributed by atoms with Crippen molar-refractivity contribution in [1.82, 2.24) is 8.61 Å². The lowest BCUT2D eigenvalue weighted by Crippen LogP contribution is -2.52. The Labute approximate surface area is 139 Å². The van der Waals surface area contributed by atoms with E-state index < -0.39 is 10.2 Å². The third-order valence-corrected chi connectivity index (χ3v) is 7.13. The highest BCUT2D eigenvalue weighted by Crippen LogP contribution is 2.42. The van der Waals surface area contributed by atoms with Gasteiger partial charge in [-0.3, -0.25) is 0 Å². The molecule has 128 valence electrons. The minimum atomic E-state index is -3.31. The molecule has 3 rings (SSSR count). The average molecular weight is 338 g/mol. The van der Waals surface area contributed by atoms with Crippen molar-refractivity contribution >= 4 is 10.2 Å². The number of nitrogens with zero attached hydrogens (tertiary/aromatic N) is 2. The molecule has 0 amide bonds. The molecule has 23 heavy (non-hydrogen) atoms. The zero-order chi connectivity index (χ0) is 16.5. The summed E-state index contributed by atoms with van der Waals surface area (Å²) in [6, 6.07) is 10.6. The molecule has 1 unspecified atom stereocenters. The van der Waals surface area contributed by atoms with Crippen LogP contribution in [0.15, 0.2) is 30.3 Å². The van der Waals surface area contributed by atoms with Gasteiger partial charge in [-0.1, -0.05) is 30.3 Å². The summed E-state index contributed by atoms with van der Waals surface area (Å²) in [4.78, 5) is 0. The topological polar surface area (TPSA) is 49.9 Å². The Bertz CT molecular complexity index is 622. The van der Waals surface area contributed by atoms with Crippen LogP contribution in [0.5, 0.6) is 0 Å². The van der Waals surface area contributed by atoms with Crippen LogP contribution in [0.3, 0.4) is 0 Å². The van der Waals surface area contributed by atoms with Gasteiger partial charge in [0.1, 0.15) is 0 Å². The van der Waals surface area contributed by atoms with Gasteiger partial charge in [0.05, 0.1) is 5.60 Å². The summed E-state index contributed by atoms with van der Waals surface area (Å²) in [5.74, 6) is 0.516. The Kier molecular flexibility index (Phi) is 4.78. The number of hydrogen-bond donors (Lipinski definition) is 0. The molecule has 2 heterocycles. The van der Waals surface area contributed by atoms with Gasteiger partial charge in [-0.15, -0.1) is 0 Å². The second-order valence-electron chi connectivity index (χ2n) is 6.82. The molecule has 5 nitrogen and oxygen atoms in total. The van der Waals surface area contributed by atoms with Crippen LogP contribution in [-0.2, 0) is 14.9 Å². The van der Waals surface area contributed by atoms with Crippen molar-refractivity contribution in [3.8, 4) is 0 Å². The van der Waals surface area contributed by atoms with Gasteiger partial charge in [-0.2, -0.15) is 17.0 Å². The van der Waals surface area contributed by atoms with E-state index in [9.17, 15) is 8.42 Å². The molecule has 2 aliphatic heterocycles. The monoisotopic (exact) mass is 338 g/mol. The lowest BCUT2D eigenvalue weighted by molar-refractivity contribution is -0.110. The van der Waals surface area contributed by atoms with Crippen molar-refractivity contribution in [2.75, 3.05) is 33.8 Å². The van der Waals surface area contributed by atoms with Gasteiger partial charge in [0.2, 0.25) is 0 Å². The Morgan fingerprint density at radius 1 is 1.17 bits per heavy atom. The molecule has 0 N–H and O–H groups in total. The molecular weight excluding hydrogens is 312 g/mol. The van der Waals surface area contributed by atoms with E-state index in [1.165, 1.54) is 9.87 Å². The van der Waals surface area contributed by atoms with Crippen LogP contribution >= 0.6 is 0 Å². The van der Waals surface area contributed by atoms with E-state index in [0.29, 0.717) is 19.0 Å². The molecule has 0 bridgehead atoms. The Balaban J connectivity index is 1.68. The molecule has 1 aromatic rings. The second-order valence-corrected chi connectivity index (χ2v) is 8.96. The largest absolute Gasteiger partial charge is 0.375 e. The fraction of sp³-hybridized carbons (Fsp3) is 0.647. The number of rotatable bonds is 3. The summed E-state index contributed by atoms with van der Waals surface area (Å²) in [5, 5.41) is 0. The molecule has 0 aliphatic carbocycles. The normalized spacial score (nSPS) is 25.8. The van der Waals surface area contributed by atoms with Crippen LogP contribution < -0.4 is 0 Å². The summed E-state index contributed by atoms with van der Waals surface area (Å²) in [5.41, 5.74) is 1.22. The summed E-state index contributed by atoms with van der Waals surface area (Å²) >= 11 is 0. The maximum absolute atomic E-state index is 12.3. The highest BCUT2D eigenvalue weighted by atomic mass is 32.2. The predicted molar refractivity (Wildman–Crippen MR) is 90.5 cm³/mol. The highest BCUT2D eigenvalue weighted by molar-refractivity contribution is 7.86. The number of hydrogen-bond acceptors (Lipinski definition) is 3. The van der Waals surface area contributed by atoms with Crippen LogP contribution in [0.25, 0.3) is 0 Å². The van der Waals surface area contributed by atoms with Gasteiger partial charge >= 0.3 is 0 Å². The smallest absolute Gasteiger partial charge is 0.281 e. The molecule has 2 aliphatic rings. The first-order valence-corrected chi connectivity index (χ1v) is 9.69. The minimum absolute atomic E-state index is 0.156. The molecule has 6 heteroatoms. The lowest BCUT2D eigenvalue weighted by Gasteiger charge is -2.46. The molecule has 2 saturated heterocycles. The van der Waals surface area contributed by atoms with Crippen LogP contribution in [0.2, 0.25) is 0 Å². The van der Waals surface area contributed by atoms with Crippen molar-refractivity contribution in [2.45, 2.75) is 37.2 Å². The molecule has 1 spiro atoms. The maximum atomic E-state index is 12.3. The van der Waals surface area contributed by atoms with Crippen molar-refractivity contribution in [3.63, 3.8) is 0 Å². The molecule has 0 saturated carbocycles. The van der Waals surface area contributed by atoms with Gasteiger partial charge < -0.3 is 4.74 Å². The van der Waals surface area contributed by atoms with Gasteiger partial charge in [-0.05, 0) is 37.2 Å². The Morgan fingerprint density at radius 2 is 1.83 bits per heavy atom. The Hall–Kier alpha value is -0.950. The van der Waals surface area contributed by atoms with Crippen LogP contribution in [0.1, 0.15) is 37.2 Å². The zero-order valence-electron chi connectivity index (χ0n) is 13.9. The summed E-state index contributed by atoms with van der Waals surface area (Å²) in [6.07, 6.45) is 3.60. The van der Waals surface area contributed by atoms with Crippen molar-refractivity contribution < 1.29 is 13.2 Å². The molecule has 0 radical (unpaired) electrons. The first kappa shape index (κ1) is 16.9. The van der Waals surface area contributed by atoms with E-state index in [0.717, 1.165) is 32.3 Å². The standard InChI is InChI=1S/C17H26N2O3S/c1-18(2)23(20,21)19-11-9-17(10-12-19)14-16(8-13-22-17)15-6-4-3-5-7-15/h3-7,16H,8-14H2,1-2H3. The highest BCUT2D eigenvalue weighted by Gasteiger charge is 2.43. The number of ether oxygens (including phenoxy) is 1. The van der Waals surface area contributed by atoms with Gasteiger partial charge in [0.15, 0.2) is 0 Å². The van der Waals surface area contributed by atoms with E-state index >= 15 is 0 Å². The zero-order valence-corrected chi connectivity index (χ0v) is 14.8. The third-order valence-electron chi connectivity index (χ3n) is 5.19. The van der Waals surface area contributed by atoms with Crippen LogP contribution in [-0.4, -0.2) is 56.4 Å². The lowest BCUT2D eigenvalue weighted by atomic mass is 9.77. The van der Waals surface area contributed by atoms with E-state index in [-0.39, 0.29) is 5.60 Å². The number of benzene rings is 1. The molecule has 1 atom stereocenters. The van der Waals surface area contributed by atoms with E-state index in [2.05, 4.69) is 24.3 Å². The first-order chi connectivity index (χ1) is 10.9. The van der Waals surface area contributed by atoms with Gasteiger partial charge in [0.25, 0.3) is 10.2 Å². The quantitative estimate of drug-likeness (QED) is 0.849. The van der Waals surface area contributed by atoms with Crippen molar-refractivity contribution in [2.24, 2.45) is 0 Å². The third kappa shape index (κ3) is 3.45. The van der Waals surface area contributed by atoms with Crippen LogP contribution in [0, 0.1) is 0 Å². The predicted octanol–water partition coefficient (Wildman–Crippen LogP) is 2.22. The molecule has 2 fully saturated rings. The molecular formula is C17H26N2O3S. The fourth-order valence-electron chi connectivity index (χ4n) is 3.74. The van der Waals surface area contributed by atoms with Crippen LogP contribution in [0.4, 0.5) is 0 Å². The second kappa shape index (κ2) is 6.51. The average Bonchev–Trinajstić information content (AvgIpc) is 2.56. The minimum Gasteiger partial charge on any atom is -0.375 e. The van der Waals surface area contributed by atoms with E-state index in [4.69, 9.17) is 4.74 Å². The van der Waals surface area contributed by atoms with E-state index in [1.807, 2.05) is 6.07 Å². The molecule has 0 aromatic heterocycles. The van der Waals surface area contributed by atoms with Gasteiger partial charge in [0, 0.05) is 33.8 Å².